The van der Waals surface area contributed by atoms with E-state index in [2.05, 4.69) is 4.98 Å². The second-order valence-electron chi connectivity index (χ2n) is 4.02. The summed E-state index contributed by atoms with van der Waals surface area (Å²) in [5, 5.41) is 10.8. The van der Waals surface area contributed by atoms with Gasteiger partial charge >= 0.3 is 0 Å². The summed E-state index contributed by atoms with van der Waals surface area (Å²) < 4.78 is 0. The van der Waals surface area contributed by atoms with Crippen LogP contribution in [0.1, 0.15) is 23.1 Å². The van der Waals surface area contributed by atoms with Gasteiger partial charge in [-0.15, -0.1) is 0 Å². The van der Waals surface area contributed by atoms with Crippen LogP contribution in [0.5, 0.6) is 0 Å². The predicted octanol–water partition coefficient (Wildman–Crippen LogP) is 3.32. The van der Waals surface area contributed by atoms with E-state index < -0.39 is 6.10 Å². The summed E-state index contributed by atoms with van der Waals surface area (Å²) in [6.45, 7) is 1.91. The molecule has 0 saturated heterocycles. The first-order valence-corrected chi connectivity index (χ1v) is 5.89. The lowest BCUT2D eigenvalue weighted by molar-refractivity contribution is 0.173. The molecule has 3 heteroatoms. The zero-order valence-electron chi connectivity index (χ0n) is 9.60. The first-order chi connectivity index (χ1) is 8.16. The number of halogens is 1. The summed E-state index contributed by atoms with van der Waals surface area (Å²) in [5.41, 5.74) is 2.52. The van der Waals surface area contributed by atoms with Crippen molar-refractivity contribution in [1.82, 2.24) is 4.98 Å². The van der Waals surface area contributed by atoms with Crippen LogP contribution >= 0.6 is 11.6 Å². The third-order valence-electron chi connectivity index (χ3n) is 2.62. The van der Waals surface area contributed by atoms with Gasteiger partial charge in [-0.05, 0) is 30.7 Å². The molecule has 1 aromatic carbocycles. The number of aliphatic hydroxyl groups is 1. The third kappa shape index (κ3) is 3.05. The molecule has 1 aromatic heterocycles. The summed E-state index contributed by atoms with van der Waals surface area (Å²) in [7, 11) is 0. The molecule has 2 nitrogen and oxygen atoms in total. The topological polar surface area (TPSA) is 33.1 Å². The van der Waals surface area contributed by atoms with E-state index in [1.165, 1.54) is 0 Å². The molecular weight excluding hydrogens is 234 g/mol. The number of aromatic nitrogens is 1. The van der Waals surface area contributed by atoms with Crippen LogP contribution in [-0.4, -0.2) is 10.1 Å². The molecule has 0 amide bonds. The zero-order valence-corrected chi connectivity index (χ0v) is 10.4. The molecule has 2 rings (SSSR count). The van der Waals surface area contributed by atoms with E-state index in [9.17, 15) is 5.11 Å². The zero-order chi connectivity index (χ0) is 12.3. The van der Waals surface area contributed by atoms with Gasteiger partial charge in [-0.3, -0.25) is 4.98 Å². The first kappa shape index (κ1) is 12.1. The molecular formula is C14H14ClNO. The molecule has 17 heavy (non-hydrogen) atoms. The summed E-state index contributed by atoms with van der Waals surface area (Å²) in [4.78, 5) is 4.31. The van der Waals surface area contributed by atoms with Gasteiger partial charge < -0.3 is 5.11 Å². The summed E-state index contributed by atoms with van der Waals surface area (Å²) >= 11 is 6.06. The van der Waals surface area contributed by atoms with Crippen molar-refractivity contribution in [3.63, 3.8) is 0 Å². The SMILES string of the molecule is Cc1cccc(C(O)Cc2ccccc2Cl)n1. The number of benzene rings is 1. The molecule has 88 valence electrons. The van der Waals surface area contributed by atoms with E-state index in [-0.39, 0.29) is 0 Å². The largest absolute Gasteiger partial charge is 0.386 e. The Bertz CT molecular complexity index is 513. The molecule has 1 atom stereocenters. The van der Waals surface area contributed by atoms with Crippen LogP contribution in [0.2, 0.25) is 5.02 Å². The van der Waals surface area contributed by atoms with Crippen LogP contribution in [0.4, 0.5) is 0 Å². The maximum atomic E-state index is 10.1. The number of nitrogens with zero attached hydrogens (tertiary/aromatic N) is 1. The average molecular weight is 248 g/mol. The molecule has 0 saturated carbocycles. The fourth-order valence-electron chi connectivity index (χ4n) is 1.73. The smallest absolute Gasteiger partial charge is 0.100 e. The van der Waals surface area contributed by atoms with Gasteiger partial charge in [0.1, 0.15) is 6.10 Å². The minimum Gasteiger partial charge on any atom is -0.386 e. The van der Waals surface area contributed by atoms with Crippen molar-refractivity contribution in [3.8, 4) is 0 Å². The summed E-state index contributed by atoms with van der Waals surface area (Å²) in [6.07, 6.45) is -0.134. The second-order valence-corrected chi connectivity index (χ2v) is 4.42. The Hall–Kier alpha value is -1.38. The molecule has 0 radical (unpaired) electrons. The van der Waals surface area contributed by atoms with Crippen molar-refractivity contribution in [2.24, 2.45) is 0 Å². The van der Waals surface area contributed by atoms with Crippen molar-refractivity contribution < 1.29 is 5.11 Å². The molecule has 0 fully saturated rings. The van der Waals surface area contributed by atoms with E-state index in [1.807, 2.05) is 49.4 Å². The number of rotatable bonds is 3. The Morgan fingerprint density at radius 3 is 2.65 bits per heavy atom. The number of aryl methyl sites for hydroxylation is 1. The average Bonchev–Trinajstić information content (AvgIpc) is 2.32. The van der Waals surface area contributed by atoms with Crippen molar-refractivity contribution >= 4 is 11.6 Å². The lowest BCUT2D eigenvalue weighted by Gasteiger charge is -2.11. The van der Waals surface area contributed by atoms with Gasteiger partial charge in [-0.25, -0.2) is 0 Å². The second kappa shape index (κ2) is 5.30. The number of hydrogen-bond acceptors (Lipinski definition) is 2. The van der Waals surface area contributed by atoms with Crippen molar-refractivity contribution in [2.45, 2.75) is 19.4 Å². The Morgan fingerprint density at radius 1 is 1.18 bits per heavy atom. The van der Waals surface area contributed by atoms with Crippen molar-refractivity contribution in [3.05, 3.63) is 64.4 Å². The van der Waals surface area contributed by atoms with Crippen LogP contribution in [0.15, 0.2) is 42.5 Å². The maximum Gasteiger partial charge on any atom is 0.100 e. The fraction of sp³-hybridized carbons (Fsp3) is 0.214. The van der Waals surface area contributed by atoms with Crippen molar-refractivity contribution in [1.29, 1.82) is 0 Å². The standard InChI is InChI=1S/C14H14ClNO/c1-10-5-4-8-13(16-10)14(17)9-11-6-2-3-7-12(11)15/h2-8,14,17H,9H2,1H3. The fourth-order valence-corrected chi connectivity index (χ4v) is 1.94. The summed E-state index contributed by atoms with van der Waals surface area (Å²) in [5.74, 6) is 0. The lowest BCUT2D eigenvalue weighted by Crippen LogP contribution is -2.05. The monoisotopic (exact) mass is 247 g/mol. The van der Waals surface area contributed by atoms with Crippen molar-refractivity contribution in [2.75, 3.05) is 0 Å². The van der Waals surface area contributed by atoms with Gasteiger partial charge in [0.25, 0.3) is 0 Å². The highest BCUT2D eigenvalue weighted by Crippen LogP contribution is 2.22. The number of hydrogen-bond donors (Lipinski definition) is 1. The molecule has 0 bridgehead atoms. The van der Waals surface area contributed by atoms with Crippen LogP contribution < -0.4 is 0 Å². The van der Waals surface area contributed by atoms with E-state index in [0.29, 0.717) is 17.1 Å². The van der Waals surface area contributed by atoms with Gasteiger partial charge in [0.05, 0.1) is 5.69 Å². The molecule has 1 heterocycles. The molecule has 0 aliphatic carbocycles. The van der Waals surface area contributed by atoms with E-state index in [4.69, 9.17) is 11.6 Å². The first-order valence-electron chi connectivity index (χ1n) is 5.52. The molecule has 0 aliphatic rings. The summed E-state index contributed by atoms with van der Waals surface area (Å²) in [6, 6.07) is 13.2. The molecule has 2 aromatic rings. The van der Waals surface area contributed by atoms with Gasteiger partial charge in [0.2, 0.25) is 0 Å². The van der Waals surface area contributed by atoms with Gasteiger partial charge in [0.15, 0.2) is 0 Å². The normalized spacial score (nSPS) is 12.4. The van der Waals surface area contributed by atoms with Gasteiger partial charge in [0, 0.05) is 17.1 Å². The molecule has 1 unspecified atom stereocenters. The van der Waals surface area contributed by atoms with Crippen LogP contribution in [0.3, 0.4) is 0 Å². The van der Waals surface area contributed by atoms with E-state index in [1.54, 1.807) is 0 Å². The van der Waals surface area contributed by atoms with E-state index in [0.717, 1.165) is 11.3 Å². The highest BCUT2D eigenvalue weighted by molar-refractivity contribution is 6.31. The quantitative estimate of drug-likeness (QED) is 0.903. The molecule has 1 N–H and O–H groups in total. The highest BCUT2D eigenvalue weighted by atomic mass is 35.5. The minimum atomic E-state index is -0.616. The van der Waals surface area contributed by atoms with Gasteiger partial charge in [-0.1, -0.05) is 35.9 Å². The Balaban J connectivity index is 2.17. The predicted molar refractivity (Wildman–Crippen MR) is 69.1 cm³/mol. The Kier molecular flexibility index (Phi) is 3.77. The Morgan fingerprint density at radius 2 is 1.94 bits per heavy atom. The highest BCUT2D eigenvalue weighted by Gasteiger charge is 2.11. The Labute approximate surface area is 106 Å². The third-order valence-corrected chi connectivity index (χ3v) is 2.99. The number of pyridine rings is 1. The number of aliphatic hydroxyl groups excluding tert-OH is 1. The lowest BCUT2D eigenvalue weighted by atomic mass is 10.1. The van der Waals surface area contributed by atoms with Crippen LogP contribution in [0.25, 0.3) is 0 Å². The van der Waals surface area contributed by atoms with Gasteiger partial charge in [-0.2, -0.15) is 0 Å². The van der Waals surface area contributed by atoms with Crippen LogP contribution in [0, 0.1) is 6.92 Å². The van der Waals surface area contributed by atoms with E-state index >= 15 is 0 Å². The molecule has 0 aliphatic heterocycles. The molecule has 0 spiro atoms. The minimum absolute atomic E-state index is 0.482. The maximum absolute atomic E-state index is 10.1. The van der Waals surface area contributed by atoms with Crippen LogP contribution in [-0.2, 0) is 6.42 Å².